The molecule has 0 saturated heterocycles. The number of aromatic nitrogens is 2. The number of aryl methyl sites for hydroxylation is 3. The number of hydrogen-bond donors (Lipinski definition) is 1. The zero-order chi connectivity index (χ0) is 20.6. The van der Waals surface area contributed by atoms with Crippen LogP contribution >= 0.6 is 0 Å². The lowest BCUT2D eigenvalue weighted by Gasteiger charge is -2.16. The smallest absolute Gasteiger partial charge is 0.336 e. The Bertz CT molecular complexity index is 1190. The average Bonchev–Trinajstić information content (AvgIpc) is 2.61. The first-order valence-electron chi connectivity index (χ1n) is 9.32. The first kappa shape index (κ1) is 19.6. The molecule has 6 nitrogen and oxygen atoms in total. The first-order chi connectivity index (χ1) is 13.2. The zero-order valence-electron chi connectivity index (χ0n) is 16.9. The summed E-state index contributed by atoms with van der Waals surface area (Å²) in [6.07, 6.45) is 0. The number of nitrogens with one attached hydrogen (secondary N) is 1. The van der Waals surface area contributed by atoms with Crippen LogP contribution in [0.3, 0.4) is 0 Å². The number of fused-ring (bicyclic) bond motifs is 1. The fourth-order valence-electron chi connectivity index (χ4n) is 3.24. The highest BCUT2D eigenvalue weighted by atomic mass is 16.2. The highest BCUT2D eigenvalue weighted by Gasteiger charge is 2.17. The van der Waals surface area contributed by atoms with Crippen LogP contribution in [0.25, 0.3) is 16.6 Å². The molecule has 0 aliphatic rings. The molecule has 0 unspecified atom stereocenters. The van der Waals surface area contributed by atoms with E-state index in [9.17, 15) is 14.4 Å². The molecule has 0 aliphatic carbocycles. The molecule has 1 amide bonds. The highest BCUT2D eigenvalue weighted by molar-refractivity contribution is 5.82. The molecule has 6 heteroatoms. The van der Waals surface area contributed by atoms with Gasteiger partial charge in [-0.2, -0.15) is 0 Å². The molecule has 0 spiro atoms. The second kappa shape index (κ2) is 7.46. The van der Waals surface area contributed by atoms with Gasteiger partial charge in [0.25, 0.3) is 5.56 Å². The molecule has 0 bridgehead atoms. The van der Waals surface area contributed by atoms with E-state index in [-0.39, 0.29) is 24.1 Å². The summed E-state index contributed by atoms with van der Waals surface area (Å²) in [5.41, 5.74) is 3.02. The van der Waals surface area contributed by atoms with Crippen molar-refractivity contribution in [1.82, 2.24) is 14.5 Å². The van der Waals surface area contributed by atoms with Crippen molar-refractivity contribution in [2.45, 2.75) is 47.2 Å². The van der Waals surface area contributed by atoms with E-state index in [1.165, 1.54) is 4.57 Å². The molecule has 3 rings (SSSR count). The Balaban J connectivity index is 2.32. The number of rotatable bonds is 4. The van der Waals surface area contributed by atoms with E-state index in [0.29, 0.717) is 16.6 Å². The van der Waals surface area contributed by atoms with E-state index < -0.39 is 5.69 Å². The van der Waals surface area contributed by atoms with Crippen molar-refractivity contribution in [3.05, 3.63) is 73.9 Å². The van der Waals surface area contributed by atoms with Gasteiger partial charge in [-0.25, -0.2) is 9.36 Å². The SMILES string of the molecule is Cc1ccc2c(c1)c(=O)n(-c1ccc(C)c(C)c1)c(=O)n2CC(=O)NC(C)C. The quantitative estimate of drug-likeness (QED) is 0.757. The summed E-state index contributed by atoms with van der Waals surface area (Å²) < 4.78 is 2.51. The molecule has 0 fully saturated rings. The van der Waals surface area contributed by atoms with Gasteiger partial charge < -0.3 is 5.32 Å². The minimum Gasteiger partial charge on any atom is -0.352 e. The Kier molecular flexibility index (Phi) is 5.23. The molecular formula is C22H25N3O3. The van der Waals surface area contributed by atoms with Crippen molar-refractivity contribution in [2.24, 2.45) is 0 Å². The Hall–Kier alpha value is -3.15. The maximum Gasteiger partial charge on any atom is 0.336 e. The molecule has 0 radical (unpaired) electrons. The Morgan fingerprint density at radius 1 is 1.00 bits per heavy atom. The lowest BCUT2D eigenvalue weighted by Crippen LogP contribution is -2.42. The van der Waals surface area contributed by atoms with E-state index in [0.717, 1.165) is 21.3 Å². The minimum absolute atomic E-state index is 0.0395. The van der Waals surface area contributed by atoms with Gasteiger partial charge in [0.05, 0.1) is 16.6 Å². The van der Waals surface area contributed by atoms with Crippen LogP contribution in [0.4, 0.5) is 0 Å². The average molecular weight is 379 g/mol. The van der Waals surface area contributed by atoms with E-state index >= 15 is 0 Å². The molecule has 0 aliphatic heterocycles. The van der Waals surface area contributed by atoms with Gasteiger partial charge in [0.15, 0.2) is 0 Å². The van der Waals surface area contributed by atoms with Crippen LogP contribution in [0.1, 0.15) is 30.5 Å². The molecule has 0 atom stereocenters. The topological polar surface area (TPSA) is 73.1 Å². The summed E-state index contributed by atoms with van der Waals surface area (Å²) in [6.45, 7) is 9.36. The van der Waals surface area contributed by atoms with Crippen LogP contribution in [0.15, 0.2) is 46.0 Å². The van der Waals surface area contributed by atoms with Gasteiger partial charge in [0.2, 0.25) is 5.91 Å². The molecule has 28 heavy (non-hydrogen) atoms. The Morgan fingerprint density at radius 2 is 1.71 bits per heavy atom. The van der Waals surface area contributed by atoms with Gasteiger partial charge in [0, 0.05) is 6.04 Å². The third kappa shape index (κ3) is 3.63. The lowest BCUT2D eigenvalue weighted by molar-refractivity contribution is -0.122. The molecule has 1 aromatic heterocycles. The molecule has 1 heterocycles. The second-order valence-corrected chi connectivity index (χ2v) is 7.52. The molecular weight excluding hydrogens is 354 g/mol. The lowest BCUT2D eigenvalue weighted by atomic mass is 10.1. The standard InChI is InChI=1S/C22H25N3O3/c1-13(2)23-20(26)12-24-19-9-6-14(3)10-18(19)21(27)25(22(24)28)17-8-7-15(4)16(5)11-17/h6-11,13H,12H2,1-5H3,(H,23,26). The number of hydrogen-bond acceptors (Lipinski definition) is 3. The predicted molar refractivity (Wildman–Crippen MR) is 111 cm³/mol. The number of benzene rings is 2. The summed E-state index contributed by atoms with van der Waals surface area (Å²) in [5, 5.41) is 3.21. The molecule has 2 aromatic carbocycles. The Labute approximate surface area is 163 Å². The summed E-state index contributed by atoms with van der Waals surface area (Å²) in [4.78, 5) is 38.8. The van der Waals surface area contributed by atoms with Crippen LogP contribution in [0, 0.1) is 20.8 Å². The largest absolute Gasteiger partial charge is 0.352 e. The maximum absolute atomic E-state index is 13.3. The van der Waals surface area contributed by atoms with Crippen molar-refractivity contribution < 1.29 is 4.79 Å². The van der Waals surface area contributed by atoms with Crippen LogP contribution in [0.5, 0.6) is 0 Å². The van der Waals surface area contributed by atoms with Crippen molar-refractivity contribution in [1.29, 1.82) is 0 Å². The van der Waals surface area contributed by atoms with Gasteiger partial charge in [-0.05, 0) is 70.0 Å². The number of nitrogens with zero attached hydrogens (tertiary/aromatic N) is 2. The van der Waals surface area contributed by atoms with E-state index in [1.54, 1.807) is 18.2 Å². The van der Waals surface area contributed by atoms with Crippen LogP contribution in [-0.2, 0) is 11.3 Å². The Morgan fingerprint density at radius 3 is 2.36 bits per heavy atom. The van der Waals surface area contributed by atoms with Gasteiger partial charge in [-0.3, -0.25) is 14.2 Å². The number of amides is 1. The van der Waals surface area contributed by atoms with Crippen molar-refractivity contribution in [3.8, 4) is 5.69 Å². The first-order valence-corrected chi connectivity index (χ1v) is 9.32. The van der Waals surface area contributed by atoms with E-state index in [4.69, 9.17) is 0 Å². The van der Waals surface area contributed by atoms with Crippen LogP contribution < -0.4 is 16.6 Å². The summed E-state index contributed by atoms with van der Waals surface area (Å²) in [5.74, 6) is -0.274. The number of carbonyl (C=O) groups excluding carboxylic acids is 1. The monoisotopic (exact) mass is 379 g/mol. The molecule has 1 N–H and O–H groups in total. The van der Waals surface area contributed by atoms with Gasteiger partial charge >= 0.3 is 5.69 Å². The zero-order valence-corrected chi connectivity index (χ0v) is 16.9. The summed E-state index contributed by atoms with van der Waals surface area (Å²) in [6, 6.07) is 10.7. The highest BCUT2D eigenvalue weighted by Crippen LogP contribution is 2.15. The van der Waals surface area contributed by atoms with E-state index in [1.807, 2.05) is 52.8 Å². The van der Waals surface area contributed by atoms with Crippen molar-refractivity contribution in [2.75, 3.05) is 0 Å². The van der Waals surface area contributed by atoms with Crippen LogP contribution in [0.2, 0.25) is 0 Å². The summed E-state index contributed by atoms with van der Waals surface area (Å²) in [7, 11) is 0. The third-order valence-corrected chi connectivity index (χ3v) is 4.80. The molecule has 3 aromatic rings. The summed E-state index contributed by atoms with van der Waals surface area (Å²) >= 11 is 0. The van der Waals surface area contributed by atoms with Crippen LogP contribution in [-0.4, -0.2) is 21.1 Å². The van der Waals surface area contributed by atoms with Gasteiger partial charge in [-0.15, -0.1) is 0 Å². The van der Waals surface area contributed by atoms with Crippen molar-refractivity contribution in [3.63, 3.8) is 0 Å². The van der Waals surface area contributed by atoms with Gasteiger partial charge in [0.1, 0.15) is 6.54 Å². The van der Waals surface area contributed by atoms with Gasteiger partial charge in [-0.1, -0.05) is 17.7 Å². The fourth-order valence-corrected chi connectivity index (χ4v) is 3.24. The maximum atomic E-state index is 13.3. The predicted octanol–water partition coefficient (Wildman–Crippen LogP) is 2.60. The minimum atomic E-state index is -0.525. The molecule has 0 saturated carbocycles. The second-order valence-electron chi connectivity index (χ2n) is 7.52. The molecule has 146 valence electrons. The third-order valence-electron chi connectivity index (χ3n) is 4.80. The van der Waals surface area contributed by atoms with E-state index in [2.05, 4.69) is 5.32 Å². The normalized spacial score (nSPS) is 11.2. The number of carbonyl (C=O) groups is 1. The van der Waals surface area contributed by atoms with Crippen molar-refractivity contribution >= 4 is 16.8 Å². The fraction of sp³-hybridized carbons (Fsp3) is 0.318.